The summed E-state index contributed by atoms with van der Waals surface area (Å²) in [6.07, 6.45) is 3.90. The minimum Gasteiger partial charge on any atom is -0.497 e. The van der Waals surface area contributed by atoms with Crippen molar-refractivity contribution in [3.8, 4) is 11.8 Å². The second-order valence-corrected chi connectivity index (χ2v) is 6.27. The second-order valence-electron chi connectivity index (χ2n) is 5.38. The molecule has 0 radical (unpaired) electrons. The highest BCUT2D eigenvalue weighted by atomic mass is 32.1. The van der Waals surface area contributed by atoms with E-state index in [0.717, 1.165) is 11.3 Å². The quantitative estimate of drug-likeness (QED) is 0.506. The first kappa shape index (κ1) is 16.5. The number of aromatic nitrogens is 1. The van der Waals surface area contributed by atoms with E-state index >= 15 is 0 Å². The summed E-state index contributed by atoms with van der Waals surface area (Å²) in [5.41, 5.74) is 1.56. The highest BCUT2D eigenvalue weighted by Crippen LogP contribution is 2.38. The third kappa shape index (κ3) is 3.01. The molecule has 4 nitrogen and oxygen atoms in total. The number of methoxy groups -OCH3 is 1. The van der Waals surface area contributed by atoms with Gasteiger partial charge in [-0.05, 0) is 17.7 Å². The summed E-state index contributed by atoms with van der Waals surface area (Å²) < 4.78 is 7.24. The van der Waals surface area contributed by atoms with Crippen LogP contribution in [0.3, 0.4) is 0 Å². The Hall–Kier alpha value is -2.36. The number of thiocarbonyl (C=S) groups is 1. The predicted octanol–water partition coefficient (Wildman–Crippen LogP) is 2.90. The molecule has 1 aliphatic heterocycles. The zero-order valence-electron chi connectivity index (χ0n) is 13.0. The van der Waals surface area contributed by atoms with Crippen molar-refractivity contribution >= 4 is 29.8 Å². The lowest BCUT2D eigenvalue weighted by Gasteiger charge is -2.29. The number of nitrogens with one attached hydrogen (secondary N) is 1. The van der Waals surface area contributed by atoms with Gasteiger partial charge < -0.3 is 10.1 Å². The molecule has 0 unspecified atom stereocenters. The first-order valence-electron chi connectivity index (χ1n) is 7.39. The van der Waals surface area contributed by atoms with E-state index in [-0.39, 0.29) is 12.0 Å². The SMILES string of the molecule is COc1ccc([C@H]2C(C#N)=C(S)NC(=S)[C@@H]2[n+]2ccccc2)cc1. The fraction of sp³-hybridized carbons (Fsp3) is 0.167. The Labute approximate surface area is 151 Å². The maximum atomic E-state index is 9.67. The van der Waals surface area contributed by atoms with Crippen molar-refractivity contribution in [3.63, 3.8) is 0 Å². The molecule has 0 fully saturated rings. The molecule has 0 amide bonds. The molecule has 1 aliphatic rings. The highest BCUT2D eigenvalue weighted by molar-refractivity contribution is 7.85. The van der Waals surface area contributed by atoms with Crippen molar-refractivity contribution in [2.24, 2.45) is 0 Å². The summed E-state index contributed by atoms with van der Waals surface area (Å²) in [6.45, 7) is 0. The van der Waals surface area contributed by atoms with Crippen LogP contribution >= 0.6 is 24.8 Å². The first-order valence-corrected chi connectivity index (χ1v) is 8.25. The maximum absolute atomic E-state index is 9.67. The third-order valence-corrected chi connectivity index (χ3v) is 4.74. The fourth-order valence-electron chi connectivity index (χ4n) is 2.90. The van der Waals surface area contributed by atoms with Gasteiger partial charge in [-0.3, -0.25) is 0 Å². The summed E-state index contributed by atoms with van der Waals surface area (Å²) in [7, 11) is 1.63. The number of thiol groups is 1. The van der Waals surface area contributed by atoms with E-state index in [0.29, 0.717) is 15.6 Å². The number of rotatable bonds is 3. The number of ether oxygens (including phenoxy) is 1. The lowest BCUT2D eigenvalue weighted by Crippen LogP contribution is -2.52. The molecule has 6 heteroatoms. The van der Waals surface area contributed by atoms with Crippen LogP contribution < -0.4 is 14.6 Å². The van der Waals surface area contributed by atoms with Crippen LogP contribution in [0.5, 0.6) is 5.75 Å². The summed E-state index contributed by atoms with van der Waals surface area (Å²) in [6, 6.07) is 15.6. The maximum Gasteiger partial charge on any atom is 0.219 e. The van der Waals surface area contributed by atoms with Crippen molar-refractivity contribution in [3.05, 3.63) is 71.0 Å². The highest BCUT2D eigenvalue weighted by Gasteiger charge is 2.42. The van der Waals surface area contributed by atoms with Crippen molar-refractivity contribution in [2.75, 3.05) is 7.11 Å². The minimum atomic E-state index is -0.213. The summed E-state index contributed by atoms with van der Waals surface area (Å²) in [5, 5.41) is 13.2. The molecule has 1 aromatic heterocycles. The monoisotopic (exact) mass is 354 g/mol. The molecule has 2 aromatic rings. The lowest BCUT2D eigenvalue weighted by molar-refractivity contribution is -0.708. The molecule has 0 spiro atoms. The number of hydrogen-bond acceptors (Lipinski definition) is 4. The zero-order chi connectivity index (χ0) is 17.1. The number of pyridine rings is 1. The zero-order valence-corrected chi connectivity index (χ0v) is 14.7. The van der Waals surface area contributed by atoms with Gasteiger partial charge in [0.05, 0.1) is 29.7 Å². The van der Waals surface area contributed by atoms with Gasteiger partial charge in [0.25, 0.3) is 0 Å². The van der Waals surface area contributed by atoms with E-state index in [9.17, 15) is 5.26 Å². The van der Waals surface area contributed by atoms with Gasteiger partial charge in [0.1, 0.15) is 5.75 Å². The summed E-state index contributed by atoms with van der Waals surface area (Å²) in [4.78, 5) is 0.635. The minimum absolute atomic E-state index is 0.194. The van der Waals surface area contributed by atoms with Crippen molar-refractivity contribution in [1.29, 1.82) is 5.26 Å². The van der Waals surface area contributed by atoms with Gasteiger partial charge in [-0.2, -0.15) is 9.83 Å². The van der Waals surface area contributed by atoms with E-state index < -0.39 is 0 Å². The average molecular weight is 354 g/mol. The van der Waals surface area contributed by atoms with E-state index in [1.165, 1.54) is 0 Å². The molecule has 24 heavy (non-hydrogen) atoms. The van der Waals surface area contributed by atoms with Gasteiger partial charge in [0, 0.05) is 12.1 Å². The Kier molecular flexibility index (Phi) is 4.84. The van der Waals surface area contributed by atoms with Crippen LogP contribution in [-0.4, -0.2) is 12.1 Å². The largest absolute Gasteiger partial charge is 0.497 e. The molecule has 0 bridgehead atoms. The predicted molar refractivity (Wildman–Crippen MR) is 98.8 cm³/mol. The van der Waals surface area contributed by atoms with Crippen LogP contribution in [0.2, 0.25) is 0 Å². The fourth-order valence-corrected chi connectivity index (χ4v) is 3.65. The molecule has 120 valence electrons. The Morgan fingerprint density at radius 3 is 2.46 bits per heavy atom. The van der Waals surface area contributed by atoms with Gasteiger partial charge in [0.2, 0.25) is 6.04 Å². The number of nitrogens with zero attached hydrogens (tertiary/aromatic N) is 2. The van der Waals surface area contributed by atoms with E-state index in [4.69, 9.17) is 17.0 Å². The van der Waals surface area contributed by atoms with Crippen molar-refractivity contribution in [2.45, 2.75) is 12.0 Å². The molecular weight excluding hydrogens is 338 g/mol. The molecule has 0 saturated carbocycles. The third-order valence-electron chi connectivity index (χ3n) is 4.05. The molecule has 0 aliphatic carbocycles. The normalized spacial score (nSPS) is 20.3. The molecule has 2 atom stereocenters. The van der Waals surface area contributed by atoms with Crippen molar-refractivity contribution in [1.82, 2.24) is 5.32 Å². The van der Waals surface area contributed by atoms with Crippen LogP contribution in [-0.2, 0) is 0 Å². The first-order chi connectivity index (χ1) is 11.7. The van der Waals surface area contributed by atoms with Gasteiger partial charge in [-0.1, -0.05) is 30.4 Å². The second kappa shape index (κ2) is 7.04. The van der Waals surface area contributed by atoms with Crippen LogP contribution in [0.4, 0.5) is 0 Å². The van der Waals surface area contributed by atoms with Crippen LogP contribution in [0.1, 0.15) is 17.5 Å². The number of hydrogen-bond donors (Lipinski definition) is 2. The van der Waals surface area contributed by atoms with Gasteiger partial charge in [-0.25, -0.2) is 0 Å². The van der Waals surface area contributed by atoms with Crippen molar-refractivity contribution < 1.29 is 9.30 Å². The van der Waals surface area contributed by atoms with Crippen LogP contribution in [0, 0.1) is 11.3 Å². The van der Waals surface area contributed by atoms with Crippen LogP contribution in [0.15, 0.2) is 65.5 Å². The Morgan fingerprint density at radius 1 is 1.21 bits per heavy atom. The number of benzene rings is 1. The van der Waals surface area contributed by atoms with Gasteiger partial charge >= 0.3 is 0 Å². The number of allylic oxidation sites excluding steroid dienone is 1. The molecule has 1 N–H and O–H groups in total. The summed E-state index contributed by atoms with van der Waals surface area (Å²) >= 11 is 9.99. The Morgan fingerprint density at radius 2 is 1.88 bits per heavy atom. The molecule has 1 aromatic carbocycles. The Bertz CT molecular complexity index is 826. The molecule has 2 heterocycles. The smallest absolute Gasteiger partial charge is 0.219 e. The molecular formula is C18H16N3OS2+. The van der Waals surface area contributed by atoms with Gasteiger partial charge in [-0.15, -0.1) is 12.6 Å². The lowest BCUT2D eigenvalue weighted by atomic mass is 9.83. The van der Waals surface area contributed by atoms with Gasteiger partial charge in [0.15, 0.2) is 17.4 Å². The molecule has 3 rings (SSSR count). The van der Waals surface area contributed by atoms with E-state index in [2.05, 4.69) is 24.0 Å². The average Bonchev–Trinajstić information content (AvgIpc) is 2.62. The molecule has 0 saturated heterocycles. The topological polar surface area (TPSA) is 48.9 Å². The summed E-state index contributed by atoms with van der Waals surface area (Å²) in [5.74, 6) is 0.558. The van der Waals surface area contributed by atoms with Crippen LogP contribution in [0.25, 0.3) is 0 Å². The standard InChI is InChI=1S/C18H15N3OS2/c1-22-13-7-5-12(6-8-13)15-14(11-19)17(23)20-18(24)16(15)21-9-3-2-4-10-21/h2-10,15-16H,1H3,(H-,20,23,24)/p+1/t15-,16+/m0/s1. The van der Waals surface area contributed by atoms with E-state index in [1.54, 1.807) is 7.11 Å². The Balaban J connectivity index is 2.15. The van der Waals surface area contributed by atoms with E-state index in [1.807, 2.05) is 59.4 Å². The number of nitriles is 1.